The minimum Gasteiger partial charge on any atom is -0.480 e. The van der Waals surface area contributed by atoms with Crippen molar-refractivity contribution in [2.24, 2.45) is 5.41 Å². The molecule has 0 bridgehead atoms. The highest BCUT2D eigenvalue weighted by atomic mass is 16.4. The Balaban J connectivity index is 1.94. The Morgan fingerprint density at radius 2 is 1.95 bits per heavy atom. The van der Waals surface area contributed by atoms with Crippen LogP contribution in [0.5, 0.6) is 0 Å². The Morgan fingerprint density at radius 3 is 2.62 bits per heavy atom. The molecule has 2 atom stereocenters. The molecule has 3 nitrogen and oxygen atoms in total. The SMILES string of the molecule is CC1(C)CCCCC1N1Cc2ccccc2CC1C(=O)O. The van der Waals surface area contributed by atoms with Gasteiger partial charge in [-0.2, -0.15) is 0 Å². The molecule has 2 aliphatic rings. The molecule has 0 saturated heterocycles. The van der Waals surface area contributed by atoms with E-state index in [1.54, 1.807) is 0 Å². The van der Waals surface area contributed by atoms with E-state index in [4.69, 9.17) is 0 Å². The largest absolute Gasteiger partial charge is 0.480 e. The van der Waals surface area contributed by atoms with Crippen LogP contribution in [0.1, 0.15) is 50.7 Å². The second-order valence-electron chi connectivity index (χ2n) is 7.25. The Labute approximate surface area is 127 Å². The molecule has 1 fully saturated rings. The lowest BCUT2D eigenvalue weighted by molar-refractivity contribution is -0.147. The van der Waals surface area contributed by atoms with Gasteiger partial charge in [0.1, 0.15) is 6.04 Å². The quantitative estimate of drug-likeness (QED) is 0.905. The number of fused-ring (bicyclic) bond motifs is 1. The molecular weight excluding hydrogens is 262 g/mol. The number of carboxylic acid groups (broad SMARTS) is 1. The maximum Gasteiger partial charge on any atom is 0.321 e. The predicted octanol–water partition coefficient (Wildman–Crippen LogP) is 3.47. The fourth-order valence-corrected chi connectivity index (χ4v) is 4.19. The average Bonchev–Trinajstić information content (AvgIpc) is 2.45. The maximum absolute atomic E-state index is 11.8. The molecule has 1 aliphatic carbocycles. The lowest BCUT2D eigenvalue weighted by Gasteiger charge is -2.49. The van der Waals surface area contributed by atoms with Crippen molar-refractivity contribution in [3.05, 3.63) is 35.4 Å². The van der Waals surface area contributed by atoms with Crippen LogP contribution in [0.25, 0.3) is 0 Å². The number of hydrogen-bond donors (Lipinski definition) is 1. The Hall–Kier alpha value is -1.35. The number of benzene rings is 1. The highest BCUT2D eigenvalue weighted by molar-refractivity contribution is 5.74. The van der Waals surface area contributed by atoms with Crippen LogP contribution in [-0.2, 0) is 17.8 Å². The predicted molar refractivity (Wildman–Crippen MR) is 83.1 cm³/mol. The smallest absolute Gasteiger partial charge is 0.321 e. The van der Waals surface area contributed by atoms with Crippen molar-refractivity contribution >= 4 is 5.97 Å². The lowest BCUT2D eigenvalue weighted by Crippen LogP contribution is -2.56. The number of carboxylic acids is 1. The van der Waals surface area contributed by atoms with Crippen LogP contribution in [0.3, 0.4) is 0 Å². The first-order chi connectivity index (χ1) is 9.99. The summed E-state index contributed by atoms with van der Waals surface area (Å²) in [6.07, 6.45) is 5.45. The van der Waals surface area contributed by atoms with Crippen molar-refractivity contribution in [3.8, 4) is 0 Å². The molecule has 0 spiro atoms. The molecule has 0 radical (unpaired) electrons. The fourth-order valence-electron chi connectivity index (χ4n) is 4.19. The molecule has 1 aromatic carbocycles. The molecule has 114 valence electrons. The van der Waals surface area contributed by atoms with Crippen LogP contribution >= 0.6 is 0 Å². The zero-order valence-electron chi connectivity index (χ0n) is 13.0. The summed E-state index contributed by atoms with van der Waals surface area (Å²) in [5.41, 5.74) is 2.71. The van der Waals surface area contributed by atoms with Crippen molar-refractivity contribution < 1.29 is 9.90 Å². The van der Waals surface area contributed by atoms with E-state index in [1.165, 1.54) is 30.4 Å². The van der Waals surface area contributed by atoms with E-state index in [1.807, 2.05) is 6.07 Å². The van der Waals surface area contributed by atoms with Gasteiger partial charge < -0.3 is 5.11 Å². The molecule has 1 N–H and O–H groups in total. The van der Waals surface area contributed by atoms with E-state index in [9.17, 15) is 9.90 Å². The molecule has 3 rings (SSSR count). The molecular formula is C18H25NO2. The third-order valence-electron chi connectivity index (χ3n) is 5.42. The van der Waals surface area contributed by atoms with E-state index in [0.29, 0.717) is 12.5 Å². The first-order valence-electron chi connectivity index (χ1n) is 8.04. The minimum absolute atomic E-state index is 0.207. The molecule has 0 amide bonds. The number of carbonyl (C=O) groups is 1. The number of aliphatic carboxylic acids is 1. The van der Waals surface area contributed by atoms with Gasteiger partial charge in [-0.15, -0.1) is 0 Å². The summed E-state index contributed by atoms with van der Waals surface area (Å²) in [4.78, 5) is 14.1. The lowest BCUT2D eigenvalue weighted by atomic mass is 9.71. The van der Waals surface area contributed by atoms with Crippen LogP contribution in [0, 0.1) is 5.41 Å². The van der Waals surface area contributed by atoms with Crippen LogP contribution in [0.2, 0.25) is 0 Å². The normalized spacial score (nSPS) is 28.9. The average molecular weight is 287 g/mol. The monoisotopic (exact) mass is 287 g/mol. The Kier molecular flexibility index (Phi) is 3.78. The van der Waals surface area contributed by atoms with Crippen molar-refractivity contribution in [1.29, 1.82) is 0 Å². The van der Waals surface area contributed by atoms with E-state index in [2.05, 4.69) is 36.9 Å². The summed E-state index contributed by atoms with van der Waals surface area (Å²) in [5.74, 6) is -0.675. The van der Waals surface area contributed by atoms with Crippen molar-refractivity contribution in [2.45, 2.75) is 64.6 Å². The summed E-state index contributed by atoms with van der Waals surface area (Å²) in [6.45, 7) is 5.38. The third kappa shape index (κ3) is 2.71. The standard InChI is InChI=1S/C18H25NO2/c1-18(2)10-6-5-9-16(18)19-12-14-8-4-3-7-13(14)11-15(19)17(20)21/h3-4,7-8,15-16H,5-6,9-12H2,1-2H3,(H,20,21). The highest BCUT2D eigenvalue weighted by Crippen LogP contribution is 2.41. The number of hydrogen-bond acceptors (Lipinski definition) is 2. The molecule has 2 unspecified atom stereocenters. The summed E-state index contributed by atoms with van der Waals surface area (Å²) >= 11 is 0. The Bertz CT molecular complexity index is 538. The van der Waals surface area contributed by atoms with Gasteiger partial charge in [-0.05, 0) is 35.8 Å². The Morgan fingerprint density at radius 1 is 1.24 bits per heavy atom. The molecule has 1 heterocycles. The second-order valence-corrected chi connectivity index (χ2v) is 7.25. The van der Waals surface area contributed by atoms with Gasteiger partial charge in [0.25, 0.3) is 0 Å². The zero-order chi connectivity index (χ0) is 15.0. The van der Waals surface area contributed by atoms with Gasteiger partial charge in [0.05, 0.1) is 0 Å². The van der Waals surface area contributed by atoms with Gasteiger partial charge in [-0.3, -0.25) is 9.69 Å². The molecule has 1 aromatic rings. The highest BCUT2D eigenvalue weighted by Gasteiger charge is 2.42. The van der Waals surface area contributed by atoms with E-state index >= 15 is 0 Å². The zero-order valence-corrected chi connectivity index (χ0v) is 13.0. The van der Waals surface area contributed by atoms with Crippen LogP contribution in [0.15, 0.2) is 24.3 Å². The minimum atomic E-state index is -0.675. The van der Waals surface area contributed by atoms with Crippen molar-refractivity contribution in [2.75, 3.05) is 0 Å². The number of rotatable bonds is 2. The van der Waals surface area contributed by atoms with Crippen LogP contribution < -0.4 is 0 Å². The summed E-state index contributed by atoms with van der Waals surface area (Å²) in [5, 5.41) is 9.69. The van der Waals surface area contributed by atoms with E-state index in [-0.39, 0.29) is 11.5 Å². The van der Waals surface area contributed by atoms with Gasteiger partial charge in [0, 0.05) is 12.6 Å². The van der Waals surface area contributed by atoms with Crippen molar-refractivity contribution in [3.63, 3.8) is 0 Å². The van der Waals surface area contributed by atoms with Crippen LogP contribution in [0.4, 0.5) is 0 Å². The first-order valence-corrected chi connectivity index (χ1v) is 8.04. The van der Waals surface area contributed by atoms with Gasteiger partial charge in [-0.1, -0.05) is 51.0 Å². The fraction of sp³-hybridized carbons (Fsp3) is 0.611. The summed E-state index contributed by atoms with van der Waals surface area (Å²) < 4.78 is 0. The van der Waals surface area contributed by atoms with Crippen LogP contribution in [-0.4, -0.2) is 28.1 Å². The molecule has 0 aromatic heterocycles. The number of nitrogens with zero attached hydrogens (tertiary/aromatic N) is 1. The van der Waals surface area contributed by atoms with Crippen molar-refractivity contribution in [1.82, 2.24) is 4.90 Å². The second kappa shape index (κ2) is 5.45. The van der Waals surface area contributed by atoms with E-state index in [0.717, 1.165) is 13.0 Å². The molecule has 1 aliphatic heterocycles. The summed E-state index contributed by atoms with van der Waals surface area (Å²) in [7, 11) is 0. The topological polar surface area (TPSA) is 40.5 Å². The van der Waals surface area contributed by atoms with Gasteiger partial charge in [-0.25, -0.2) is 0 Å². The third-order valence-corrected chi connectivity index (χ3v) is 5.42. The molecule has 21 heavy (non-hydrogen) atoms. The van der Waals surface area contributed by atoms with Gasteiger partial charge in [0.2, 0.25) is 0 Å². The first kappa shape index (κ1) is 14.6. The van der Waals surface area contributed by atoms with E-state index < -0.39 is 5.97 Å². The van der Waals surface area contributed by atoms with Gasteiger partial charge in [0.15, 0.2) is 0 Å². The maximum atomic E-state index is 11.8. The van der Waals surface area contributed by atoms with Gasteiger partial charge >= 0.3 is 5.97 Å². The molecule has 1 saturated carbocycles. The molecule has 3 heteroatoms. The summed E-state index contributed by atoms with van der Waals surface area (Å²) in [6, 6.07) is 8.30.